The Bertz CT molecular complexity index is 1040. The van der Waals surface area contributed by atoms with Gasteiger partial charge in [-0.2, -0.15) is 0 Å². The van der Waals surface area contributed by atoms with Crippen molar-refractivity contribution in [3.05, 3.63) is 59.7 Å². The summed E-state index contributed by atoms with van der Waals surface area (Å²) < 4.78 is 5.57. The number of carboxylic acids is 1. The molecule has 1 fully saturated rings. The minimum atomic E-state index is -0.988. The van der Waals surface area contributed by atoms with Crippen LogP contribution in [-0.4, -0.2) is 53.7 Å². The number of carboxylic acid groups (broad SMARTS) is 1. The summed E-state index contributed by atoms with van der Waals surface area (Å²) >= 11 is 0. The van der Waals surface area contributed by atoms with Crippen molar-refractivity contribution >= 4 is 18.0 Å². The van der Waals surface area contributed by atoms with Crippen LogP contribution in [0, 0.1) is 11.3 Å². The molecule has 2 aromatic rings. The van der Waals surface area contributed by atoms with Crippen LogP contribution in [0.1, 0.15) is 44.2 Å². The molecule has 174 valence electrons. The average molecular weight is 451 g/mol. The van der Waals surface area contributed by atoms with Crippen molar-refractivity contribution in [1.82, 2.24) is 10.2 Å². The largest absolute Gasteiger partial charge is 0.481 e. The molecule has 3 atom stereocenters. The van der Waals surface area contributed by atoms with Crippen molar-refractivity contribution in [3.63, 3.8) is 0 Å². The van der Waals surface area contributed by atoms with E-state index in [9.17, 15) is 19.5 Å². The number of nitrogens with zero attached hydrogens (tertiary/aromatic N) is 1. The fourth-order valence-electron chi connectivity index (χ4n) is 4.94. The van der Waals surface area contributed by atoms with Crippen molar-refractivity contribution in [2.75, 3.05) is 19.7 Å². The Labute approximate surface area is 193 Å². The molecule has 33 heavy (non-hydrogen) atoms. The predicted molar refractivity (Wildman–Crippen MR) is 124 cm³/mol. The molecule has 2 N–H and O–H groups in total. The van der Waals surface area contributed by atoms with Crippen molar-refractivity contribution < 1.29 is 24.2 Å². The summed E-state index contributed by atoms with van der Waals surface area (Å²) in [6.45, 7) is 5.95. The highest BCUT2D eigenvalue weighted by atomic mass is 16.5. The van der Waals surface area contributed by atoms with E-state index in [1.54, 1.807) is 6.92 Å². The molecule has 2 aliphatic rings. The van der Waals surface area contributed by atoms with Gasteiger partial charge in [0.05, 0.1) is 5.41 Å². The lowest BCUT2D eigenvalue weighted by atomic mass is 9.81. The second-order valence-electron chi connectivity index (χ2n) is 9.27. The van der Waals surface area contributed by atoms with Crippen LogP contribution in [0.15, 0.2) is 48.5 Å². The number of alkyl carbamates (subject to hydrolysis) is 1. The highest BCUT2D eigenvalue weighted by Gasteiger charge is 2.48. The van der Waals surface area contributed by atoms with E-state index in [0.29, 0.717) is 13.0 Å². The van der Waals surface area contributed by atoms with E-state index in [4.69, 9.17) is 4.74 Å². The molecule has 0 spiro atoms. The van der Waals surface area contributed by atoms with Crippen molar-refractivity contribution in [3.8, 4) is 11.1 Å². The normalized spacial score (nSPS) is 22.4. The molecule has 2 aromatic carbocycles. The zero-order valence-electron chi connectivity index (χ0n) is 19.2. The number of hydrogen-bond acceptors (Lipinski definition) is 4. The molecule has 0 radical (unpaired) electrons. The third kappa shape index (κ3) is 4.08. The van der Waals surface area contributed by atoms with Gasteiger partial charge in [-0.15, -0.1) is 0 Å². The SMILES string of the molecule is CCC(NC(=O)OCC1c2ccccc2-c2ccccc21)C(=O)N1C[C@H](C)[C@@](C)(C(=O)O)C1. The molecule has 7 nitrogen and oxygen atoms in total. The predicted octanol–water partition coefficient (Wildman–Crippen LogP) is 3.87. The number of benzene rings is 2. The van der Waals surface area contributed by atoms with Crippen LogP contribution in [0.2, 0.25) is 0 Å². The quantitative estimate of drug-likeness (QED) is 0.697. The Morgan fingerprint density at radius 3 is 2.21 bits per heavy atom. The molecule has 1 unspecified atom stereocenters. The number of nitrogens with one attached hydrogen (secondary N) is 1. The number of hydrogen-bond donors (Lipinski definition) is 2. The summed E-state index contributed by atoms with van der Waals surface area (Å²) in [5, 5.41) is 12.3. The number of fused-ring (bicyclic) bond motifs is 3. The Morgan fingerprint density at radius 1 is 1.12 bits per heavy atom. The van der Waals surface area contributed by atoms with Gasteiger partial charge in [-0.25, -0.2) is 4.79 Å². The maximum Gasteiger partial charge on any atom is 0.407 e. The van der Waals surface area contributed by atoms with E-state index in [1.807, 2.05) is 50.2 Å². The number of rotatable bonds is 6. The van der Waals surface area contributed by atoms with Gasteiger partial charge in [-0.3, -0.25) is 9.59 Å². The van der Waals surface area contributed by atoms with Crippen LogP contribution in [0.25, 0.3) is 11.1 Å². The molecule has 0 bridgehead atoms. The molecule has 0 saturated carbocycles. The number of ether oxygens (including phenoxy) is 1. The number of amides is 2. The highest BCUT2D eigenvalue weighted by molar-refractivity contribution is 5.87. The first-order valence-electron chi connectivity index (χ1n) is 11.4. The summed E-state index contributed by atoms with van der Waals surface area (Å²) in [6.07, 6.45) is -0.261. The van der Waals surface area contributed by atoms with Crippen LogP contribution in [-0.2, 0) is 14.3 Å². The second-order valence-corrected chi connectivity index (χ2v) is 9.27. The molecule has 1 saturated heterocycles. The average Bonchev–Trinajstić information content (AvgIpc) is 3.30. The van der Waals surface area contributed by atoms with Gasteiger partial charge in [0.1, 0.15) is 12.6 Å². The van der Waals surface area contributed by atoms with Gasteiger partial charge in [0.2, 0.25) is 5.91 Å². The van der Waals surface area contributed by atoms with Crippen LogP contribution in [0.5, 0.6) is 0 Å². The van der Waals surface area contributed by atoms with Gasteiger partial charge >= 0.3 is 12.1 Å². The summed E-state index contributed by atoms with van der Waals surface area (Å²) in [5.41, 5.74) is 3.54. The first-order valence-corrected chi connectivity index (χ1v) is 11.4. The van der Waals surface area contributed by atoms with Gasteiger partial charge in [-0.05, 0) is 41.5 Å². The monoisotopic (exact) mass is 450 g/mol. The molecule has 4 rings (SSSR count). The maximum absolute atomic E-state index is 13.0. The smallest absolute Gasteiger partial charge is 0.407 e. The Balaban J connectivity index is 1.40. The van der Waals surface area contributed by atoms with Crippen molar-refractivity contribution in [2.24, 2.45) is 11.3 Å². The number of aliphatic carboxylic acids is 1. The summed E-state index contributed by atoms with van der Waals surface area (Å²) in [4.78, 5) is 38.8. The molecular formula is C26H30N2O5. The lowest BCUT2D eigenvalue weighted by Crippen LogP contribution is -2.48. The highest BCUT2D eigenvalue weighted by Crippen LogP contribution is 2.44. The fraction of sp³-hybridized carbons (Fsp3) is 0.423. The Hall–Kier alpha value is -3.35. The molecule has 2 amide bonds. The molecule has 0 aromatic heterocycles. The van der Waals surface area contributed by atoms with Crippen LogP contribution < -0.4 is 5.32 Å². The third-order valence-electron chi connectivity index (χ3n) is 7.24. The van der Waals surface area contributed by atoms with Crippen LogP contribution in [0.3, 0.4) is 0 Å². The third-order valence-corrected chi connectivity index (χ3v) is 7.24. The Morgan fingerprint density at radius 2 is 1.70 bits per heavy atom. The van der Waals surface area contributed by atoms with Crippen molar-refractivity contribution in [2.45, 2.75) is 39.2 Å². The van der Waals surface area contributed by atoms with E-state index in [1.165, 1.54) is 4.90 Å². The Kier molecular flexibility index (Phi) is 6.15. The minimum Gasteiger partial charge on any atom is -0.481 e. The zero-order chi connectivity index (χ0) is 23.8. The lowest BCUT2D eigenvalue weighted by molar-refractivity contribution is -0.149. The molecule has 1 aliphatic carbocycles. The first-order chi connectivity index (χ1) is 15.8. The van der Waals surface area contributed by atoms with E-state index in [-0.39, 0.29) is 30.9 Å². The second kappa shape index (κ2) is 8.89. The standard InChI is InChI=1S/C26H30N2O5/c1-4-22(23(29)28-13-16(2)26(3,15-28)24(30)31)27-25(32)33-14-21-19-11-7-5-9-17(19)18-10-6-8-12-20(18)21/h5-12,16,21-22H,4,13-15H2,1-3H3,(H,27,32)(H,30,31)/t16-,22?,26-/m0/s1. The van der Waals surface area contributed by atoms with Gasteiger partial charge < -0.3 is 20.1 Å². The van der Waals surface area contributed by atoms with E-state index in [2.05, 4.69) is 17.4 Å². The maximum atomic E-state index is 13.0. The van der Waals surface area contributed by atoms with Gasteiger partial charge in [0.25, 0.3) is 0 Å². The summed E-state index contributed by atoms with van der Waals surface area (Å²) in [5.74, 6) is -1.42. The topological polar surface area (TPSA) is 95.9 Å². The summed E-state index contributed by atoms with van der Waals surface area (Å²) in [7, 11) is 0. The minimum absolute atomic E-state index is 0.0605. The van der Waals surface area contributed by atoms with E-state index in [0.717, 1.165) is 22.3 Å². The zero-order valence-corrected chi connectivity index (χ0v) is 19.2. The molecule has 7 heteroatoms. The lowest BCUT2D eigenvalue weighted by Gasteiger charge is -2.25. The number of carbonyl (C=O) groups is 3. The van der Waals surface area contributed by atoms with E-state index >= 15 is 0 Å². The molecule has 1 aliphatic heterocycles. The summed E-state index contributed by atoms with van der Waals surface area (Å²) in [6, 6.07) is 15.4. The fourth-order valence-corrected chi connectivity index (χ4v) is 4.94. The number of likely N-dealkylation sites (tertiary alicyclic amines) is 1. The van der Waals surface area contributed by atoms with Gasteiger partial charge in [0.15, 0.2) is 0 Å². The first kappa shape index (κ1) is 22.8. The number of carbonyl (C=O) groups excluding carboxylic acids is 2. The van der Waals surface area contributed by atoms with E-state index < -0.39 is 23.5 Å². The van der Waals surface area contributed by atoms with Gasteiger partial charge in [-0.1, -0.05) is 62.4 Å². The molecule has 1 heterocycles. The van der Waals surface area contributed by atoms with Gasteiger partial charge in [0, 0.05) is 19.0 Å². The van der Waals surface area contributed by atoms with Crippen LogP contribution in [0.4, 0.5) is 4.79 Å². The van der Waals surface area contributed by atoms with Crippen molar-refractivity contribution in [1.29, 1.82) is 0 Å². The van der Waals surface area contributed by atoms with Crippen LogP contribution >= 0.6 is 0 Å². The molecular weight excluding hydrogens is 420 g/mol.